The Kier molecular flexibility index (Phi) is 11.5. The van der Waals surface area contributed by atoms with Crippen molar-refractivity contribution >= 4 is 53.1 Å². The molecule has 1 heteroatoms. The summed E-state index contributed by atoms with van der Waals surface area (Å²) < 4.78 is 2.67. The van der Waals surface area contributed by atoms with Crippen molar-refractivity contribution in [1.82, 2.24) is 0 Å². The van der Waals surface area contributed by atoms with Crippen molar-refractivity contribution in [2.24, 2.45) is 0 Å². The van der Waals surface area contributed by atoms with E-state index in [4.69, 9.17) is 0 Å². The highest BCUT2D eigenvalue weighted by Gasteiger charge is 2.22. The molecule has 0 amide bonds. The van der Waals surface area contributed by atoms with Crippen molar-refractivity contribution in [3.63, 3.8) is 0 Å². The fourth-order valence-electron chi connectivity index (χ4n) is 10.3. The van der Waals surface area contributed by atoms with Crippen LogP contribution in [0.2, 0.25) is 0 Å². The van der Waals surface area contributed by atoms with Gasteiger partial charge in [0.25, 0.3) is 0 Å². The first-order chi connectivity index (χ1) is 30.5. The SMILES string of the molecule is CC(C)c1cc(C(C)C)c(-c2cccc(-c3ccc4c(C(C)C)c5cc(-c6ccc7sc8ccc(-c9ccc(C(C)(C)C)cc9)cc8c7c6)ccc5c(C(C)C)c4c3)c2)c(C(C)C)c1. The van der Waals surface area contributed by atoms with Gasteiger partial charge < -0.3 is 0 Å². The van der Waals surface area contributed by atoms with Crippen LogP contribution in [0.1, 0.15) is 153 Å². The summed E-state index contributed by atoms with van der Waals surface area (Å²) in [5.41, 5.74) is 19.1. The third kappa shape index (κ3) is 7.89. The van der Waals surface area contributed by atoms with Gasteiger partial charge in [0, 0.05) is 20.2 Å². The molecule has 0 N–H and O–H groups in total. The standard InChI is InChI=1S/C63H66S/c1-36(2)48-34-52(37(3)4)62(53(35-48)38(5)6)47-16-14-15-42(29-47)44-19-25-50-56(32-44)60(39(7)8)51-26-20-45(33-57(51)61(50)40(9)10)46-22-28-59-55(31-46)54-30-43(21-27-58(54)64-59)41-17-23-49(24-18-41)63(11,12)13/h14-40H,1-13H3. The van der Waals surface area contributed by atoms with E-state index >= 15 is 0 Å². The second-order valence-corrected chi connectivity index (χ2v) is 22.2. The predicted octanol–water partition coefficient (Wildman–Crippen LogP) is 19.9. The maximum atomic E-state index is 2.50. The molecule has 8 aromatic carbocycles. The lowest BCUT2D eigenvalue weighted by atomic mass is 9.80. The van der Waals surface area contributed by atoms with E-state index in [1.807, 2.05) is 11.3 Å². The molecule has 64 heavy (non-hydrogen) atoms. The first kappa shape index (κ1) is 43.7. The zero-order valence-corrected chi connectivity index (χ0v) is 41.3. The molecule has 0 atom stereocenters. The minimum absolute atomic E-state index is 0.138. The highest BCUT2D eigenvalue weighted by Crippen LogP contribution is 2.45. The van der Waals surface area contributed by atoms with Crippen LogP contribution in [-0.2, 0) is 5.41 Å². The molecule has 0 aliphatic rings. The summed E-state index contributed by atoms with van der Waals surface area (Å²) in [4.78, 5) is 0. The van der Waals surface area contributed by atoms with E-state index in [2.05, 4.69) is 223 Å². The molecule has 0 bridgehead atoms. The van der Waals surface area contributed by atoms with Gasteiger partial charge in [-0.3, -0.25) is 0 Å². The molecule has 324 valence electrons. The lowest BCUT2D eigenvalue weighted by Crippen LogP contribution is -2.10. The average Bonchev–Trinajstić information content (AvgIpc) is 3.64. The molecular weight excluding hydrogens is 789 g/mol. The summed E-state index contributed by atoms with van der Waals surface area (Å²) >= 11 is 1.89. The van der Waals surface area contributed by atoms with E-state index in [1.165, 1.54) is 120 Å². The van der Waals surface area contributed by atoms with Gasteiger partial charge in [-0.25, -0.2) is 0 Å². The van der Waals surface area contributed by atoms with Crippen LogP contribution in [-0.4, -0.2) is 0 Å². The third-order valence-corrected chi connectivity index (χ3v) is 15.0. The Morgan fingerprint density at radius 3 is 1.19 bits per heavy atom. The van der Waals surface area contributed by atoms with Crippen LogP contribution >= 0.6 is 11.3 Å². The first-order valence-electron chi connectivity index (χ1n) is 23.9. The Labute approximate surface area is 387 Å². The van der Waals surface area contributed by atoms with Crippen LogP contribution in [0.15, 0.2) is 133 Å². The highest BCUT2D eigenvalue weighted by molar-refractivity contribution is 7.25. The Morgan fingerprint density at radius 2 is 0.750 bits per heavy atom. The molecule has 0 saturated carbocycles. The summed E-state index contributed by atoms with van der Waals surface area (Å²) in [6.07, 6.45) is 0. The molecule has 1 heterocycles. The fourth-order valence-corrected chi connectivity index (χ4v) is 11.4. The molecular formula is C63H66S. The summed E-state index contributed by atoms with van der Waals surface area (Å²) in [6, 6.07) is 52.2. The van der Waals surface area contributed by atoms with Crippen molar-refractivity contribution in [3.05, 3.63) is 167 Å². The van der Waals surface area contributed by atoms with Crippen molar-refractivity contribution in [2.75, 3.05) is 0 Å². The number of rotatable bonds is 9. The van der Waals surface area contributed by atoms with Gasteiger partial charge in [0.1, 0.15) is 0 Å². The number of benzene rings is 8. The second-order valence-electron chi connectivity index (χ2n) is 21.1. The summed E-state index contributed by atoms with van der Waals surface area (Å²) in [5, 5.41) is 8.17. The molecule has 0 unspecified atom stereocenters. The Bertz CT molecular complexity index is 3180. The molecule has 9 aromatic rings. The quantitative estimate of drug-likeness (QED) is 0.127. The topological polar surface area (TPSA) is 0 Å². The molecule has 0 aliphatic carbocycles. The fraction of sp³-hybridized carbons (Fsp3) is 0.302. The van der Waals surface area contributed by atoms with Gasteiger partial charge in [-0.05, 0) is 177 Å². The van der Waals surface area contributed by atoms with Crippen LogP contribution in [0.3, 0.4) is 0 Å². The molecule has 0 radical (unpaired) electrons. The number of thiophene rings is 1. The number of hydrogen-bond donors (Lipinski definition) is 0. The van der Waals surface area contributed by atoms with E-state index in [1.54, 1.807) is 0 Å². The van der Waals surface area contributed by atoms with Gasteiger partial charge in [0.05, 0.1) is 0 Å². The molecule has 0 aliphatic heterocycles. The highest BCUT2D eigenvalue weighted by atomic mass is 32.1. The summed E-state index contributed by atoms with van der Waals surface area (Å²) in [6.45, 7) is 30.3. The van der Waals surface area contributed by atoms with E-state index in [9.17, 15) is 0 Å². The van der Waals surface area contributed by atoms with Crippen LogP contribution in [0.5, 0.6) is 0 Å². The summed E-state index contributed by atoms with van der Waals surface area (Å²) in [7, 11) is 0. The lowest BCUT2D eigenvalue weighted by Gasteiger charge is -2.24. The van der Waals surface area contributed by atoms with Gasteiger partial charge in [-0.1, -0.05) is 181 Å². The van der Waals surface area contributed by atoms with Gasteiger partial charge in [0.2, 0.25) is 0 Å². The average molecular weight is 855 g/mol. The van der Waals surface area contributed by atoms with Crippen LogP contribution < -0.4 is 0 Å². The summed E-state index contributed by atoms with van der Waals surface area (Å²) in [5.74, 6) is 2.07. The molecule has 0 nitrogen and oxygen atoms in total. The molecule has 9 rings (SSSR count). The minimum Gasteiger partial charge on any atom is -0.135 e. The minimum atomic E-state index is 0.138. The van der Waals surface area contributed by atoms with E-state index in [0.29, 0.717) is 29.6 Å². The largest absolute Gasteiger partial charge is 0.135 e. The normalized spacial score (nSPS) is 12.5. The lowest BCUT2D eigenvalue weighted by molar-refractivity contribution is 0.590. The maximum Gasteiger partial charge on any atom is 0.0355 e. The van der Waals surface area contributed by atoms with Crippen LogP contribution in [0.4, 0.5) is 0 Å². The number of fused-ring (bicyclic) bond motifs is 5. The van der Waals surface area contributed by atoms with Crippen molar-refractivity contribution < 1.29 is 0 Å². The van der Waals surface area contributed by atoms with E-state index in [-0.39, 0.29) is 5.41 Å². The van der Waals surface area contributed by atoms with Crippen molar-refractivity contribution in [3.8, 4) is 44.5 Å². The zero-order chi connectivity index (χ0) is 45.4. The van der Waals surface area contributed by atoms with Gasteiger partial charge >= 0.3 is 0 Å². The van der Waals surface area contributed by atoms with Gasteiger partial charge in [-0.15, -0.1) is 11.3 Å². The third-order valence-electron chi connectivity index (χ3n) is 13.9. The second kappa shape index (κ2) is 16.8. The molecule has 0 fully saturated rings. The maximum absolute atomic E-state index is 2.50. The molecule has 0 spiro atoms. The van der Waals surface area contributed by atoms with Gasteiger partial charge in [0.15, 0.2) is 0 Å². The van der Waals surface area contributed by atoms with Crippen LogP contribution in [0, 0.1) is 0 Å². The van der Waals surface area contributed by atoms with Crippen LogP contribution in [0.25, 0.3) is 86.2 Å². The van der Waals surface area contributed by atoms with Gasteiger partial charge in [-0.2, -0.15) is 0 Å². The molecule has 1 aromatic heterocycles. The number of hydrogen-bond acceptors (Lipinski definition) is 1. The Hall–Kier alpha value is -5.50. The monoisotopic (exact) mass is 854 g/mol. The molecule has 0 saturated heterocycles. The van der Waals surface area contributed by atoms with Crippen molar-refractivity contribution in [1.29, 1.82) is 0 Å². The first-order valence-corrected chi connectivity index (χ1v) is 24.7. The Balaban J connectivity index is 1.15. The van der Waals surface area contributed by atoms with E-state index in [0.717, 1.165) is 0 Å². The Morgan fingerprint density at radius 1 is 0.344 bits per heavy atom. The zero-order valence-electron chi connectivity index (χ0n) is 40.5. The smallest absolute Gasteiger partial charge is 0.0355 e. The van der Waals surface area contributed by atoms with E-state index < -0.39 is 0 Å². The predicted molar refractivity (Wildman–Crippen MR) is 285 cm³/mol. The van der Waals surface area contributed by atoms with Crippen molar-refractivity contribution in [2.45, 2.75) is 125 Å².